The molecule has 0 aliphatic carbocycles. The van der Waals surface area contributed by atoms with E-state index in [2.05, 4.69) is 83.7 Å². The molecular weight excluding hydrogens is 499 g/mol. The van der Waals surface area contributed by atoms with E-state index in [1.807, 2.05) is 54.6 Å². The average Bonchev–Trinajstić information content (AvgIpc) is 2.79. The number of ether oxygens (including phenoxy) is 1. The van der Waals surface area contributed by atoms with Gasteiger partial charge in [0.15, 0.2) is 0 Å². The fourth-order valence-corrected chi connectivity index (χ4v) is 8.73. The van der Waals surface area contributed by atoms with Crippen LogP contribution in [-0.4, -0.2) is 29.5 Å². The van der Waals surface area contributed by atoms with E-state index in [1.54, 1.807) is 0 Å². The van der Waals surface area contributed by atoms with Gasteiger partial charge in [-0.05, 0) is 0 Å². The number of rotatable bonds is 7. The van der Waals surface area contributed by atoms with Crippen molar-refractivity contribution in [2.24, 2.45) is 0 Å². The maximum atomic E-state index is 6.95. The van der Waals surface area contributed by atoms with Gasteiger partial charge in [0.2, 0.25) is 0 Å². The van der Waals surface area contributed by atoms with E-state index in [-0.39, 0.29) is 31.1 Å². The molecule has 0 spiro atoms. The molecule has 2 nitrogen and oxygen atoms in total. The van der Waals surface area contributed by atoms with Crippen molar-refractivity contribution in [3.8, 4) is 17.6 Å². The molecule has 0 aliphatic heterocycles. The molecule has 1 radical (unpaired) electrons. The molecule has 3 aromatic carbocycles. The first-order chi connectivity index (χ1) is 16.1. The fourth-order valence-electron chi connectivity index (χ4n) is 3.94. The normalized spacial score (nSPS) is 12.7. The zero-order valence-corrected chi connectivity index (χ0v) is 23.8. The predicted molar refractivity (Wildman–Crippen MR) is 146 cm³/mol. The summed E-state index contributed by atoms with van der Waals surface area (Å²) >= 11 is 0.242. The van der Waals surface area contributed by atoms with Gasteiger partial charge in [-0.25, -0.2) is 0 Å². The van der Waals surface area contributed by atoms with Crippen LogP contribution in [0.4, 0.5) is 0 Å². The predicted octanol–water partition coefficient (Wildman–Crippen LogP) is 6.75. The van der Waals surface area contributed by atoms with Gasteiger partial charge < -0.3 is 0 Å². The zero-order chi connectivity index (χ0) is 24.6. The second-order valence-corrected chi connectivity index (χ2v) is 16.2. The Labute approximate surface area is 214 Å². The summed E-state index contributed by atoms with van der Waals surface area (Å²) in [5, 5.41) is 0.115. The van der Waals surface area contributed by atoms with E-state index in [1.165, 1.54) is 4.46 Å². The molecule has 177 valence electrons. The molecule has 0 N–H and O–H groups in total. The van der Waals surface area contributed by atoms with Crippen LogP contribution >= 0.6 is 0 Å². The van der Waals surface area contributed by atoms with Crippen molar-refractivity contribution in [1.82, 2.24) is 0 Å². The second kappa shape index (κ2) is 11.9. The number of benzene rings is 3. The van der Waals surface area contributed by atoms with Crippen molar-refractivity contribution < 1.29 is 9.16 Å². The minimum atomic E-state index is -1.26. The third-order valence-electron chi connectivity index (χ3n) is 5.10. The van der Waals surface area contributed by atoms with Gasteiger partial charge in [-0.2, -0.15) is 0 Å². The molecule has 1 atom stereocenters. The molecule has 0 amide bonds. The summed E-state index contributed by atoms with van der Waals surface area (Å²) in [6, 6.07) is 28.9. The molecule has 0 saturated carbocycles. The molecule has 0 aromatic heterocycles. The van der Waals surface area contributed by atoms with Crippen molar-refractivity contribution in [3.05, 3.63) is 96.1 Å². The third kappa shape index (κ3) is 7.89. The molecule has 1 unspecified atom stereocenters. The van der Waals surface area contributed by atoms with Crippen LogP contribution in [-0.2, 0) is 4.43 Å². The first-order valence-electron chi connectivity index (χ1n) is 11.7. The van der Waals surface area contributed by atoms with E-state index >= 15 is 0 Å². The summed E-state index contributed by atoms with van der Waals surface area (Å²) in [4.78, 5) is 0. The Morgan fingerprint density at radius 3 is 1.94 bits per heavy atom. The number of hydrogen-bond donors (Lipinski definition) is 0. The van der Waals surface area contributed by atoms with Crippen molar-refractivity contribution in [1.29, 1.82) is 0 Å². The van der Waals surface area contributed by atoms with Gasteiger partial charge in [0.05, 0.1) is 0 Å². The Balaban J connectivity index is 1.92. The van der Waals surface area contributed by atoms with Gasteiger partial charge in [-0.1, -0.05) is 0 Å². The molecule has 0 aliphatic rings. The molecule has 0 heterocycles. The van der Waals surface area contributed by atoms with E-state index in [4.69, 9.17) is 9.16 Å². The van der Waals surface area contributed by atoms with Crippen LogP contribution in [0.1, 0.15) is 58.8 Å². The summed E-state index contributed by atoms with van der Waals surface area (Å²) in [6.07, 6.45) is -0.354. The van der Waals surface area contributed by atoms with E-state index in [9.17, 15) is 0 Å². The Bertz CT molecular complexity index is 1080. The summed E-state index contributed by atoms with van der Waals surface area (Å²) < 4.78 is 14.6. The van der Waals surface area contributed by atoms with Gasteiger partial charge in [0.25, 0.3) is 0 Å². The van der Waals surface area contributed by atoms with Crippen molar-refractivity contribution in [3.63, 3.8) is 0 Å². The molecule has 3 rings (SSSR count). The Morgan fingerprint density at radius 2 is 1.32 bits per heavy atom. The monoisotopic (exact) mass is 535 g/mol. The summed E-state index contributed by atoms with van der Waals surface area (Å²) in [7, 11) is -1.26. The van der Waals surface area contributed by atoms with Crippen LogP contribution in [0, 0.1) is 11.8 Å². The van der Waals surface area contributed by atoms with Gasteiger partial charge in [0, 0.05) is 0 Å². The average molecular weight is 535 g/mol. The van der Waals surface area contributed by atoms with Crippen LogP contribution in [0.25, 0.3) is 0 Å². The standard InChI is InChI=1S/C30H35O2SeSi/c1-29(2,3)34(30(4,5)6)32-28(22-21-24-15-9-7-10-16-24)26-19-13-14-20-27(26)31-23-33-25-17-11-8-12-18-25/h7-20,28H,23H2,1-6H3. The van der Waals surface area contributed by atoms with Crippen LogP contribution in [0.2, 0.25) is 10.1 Å². The van der Waals surface area contributed by atoms with Crippen LogP contribution in [0.3, 0.4) is 0 Å². The Kier molecular flexibility index (Phi) is 9.22. The first-order valence-corrected chi connectivity index (χ1v) is 15.1. The SMILES string of the molecule is CC(C)(C)[Si](OC(C#Cc1ccccc1)c1ccccc1OC[Se]c1ccccc1)C(C)(C)C. The zero-order valence-electron chi connectivity index (χ0n) is 21.1. The summed E-state index contributed by atoms with van der Waals surface area (Å²) in [6.45, 7) is 13.7. The van der Waals surface area contributed by atoms with Gasteiger partial charge in [-0.3, -0.25) is 0 Å². The third-order valence-corrected chi connectivity index (χ3v) is 10.1. The molecule has 34 heavy (non-hydrogen) atoms. The number of para-hydroxylation sites is 1. The minimum absolute atomic E-state index is 0.0574. The summed E-state index contributed by atoms with van der Waals surface area (Å²) in [5.41, 5.74) is 2.66. The van der Waals surface area contributed by atoms with Crippen molar-refractivity contribution in [2.75, 3.05) is 5.51 Å². The van der Waals surface area contributed by atoms with E-state index < -0.39 is 9.04 Å². The second-order valence-electron chi connectivity index (χ2n) is 10.2. The maximum absolute atomic E-state index is 6.95. The van der Waals surface area contributed by atoms with Crippen LogP contribution in [0.15, 0.2) is 84.9 Å². The fraction of sp³-hybridized carbons (Fsp3) is 0.333. The van der Waals surface area contributed by atoms with Gasteiger partial charge in [-0.15, -0.1) is 0 Å². The summed E-state index contributed by atoms with van der Waals surface area (Å²) in [5.74, 6) is 7.66. The van der Waals surface area contributed by atoms with Crippen LogP contribution < -0.4 is 9.20 Å². The molecule has 0 saturated heterocycles. The molecular formula is C30H35O2SeSi. The topological polar surface area (TPSA) is 18.5 Å². The molecule has 0 bridgehead atoms. The van der Waals surface area contributed by atoms with E-state index in [0.717, 1.165) is 16.9 Å². The van der Waals surface area contributed by atoms with Gasteiger partial charge in [0.1, 0.15) is 0 Å². The molecule has 3 aromatic rings. The molecule has 4 heteroatoms. The Hall–Kier alpha value is -2.28. The molecule has 0 fully saturated rings. The van der Waals surface area contributed by atoms with Crippen molar-refractivity contribution >= 4 is 28.5 Å². The Morgan fingerprint density at radius 1 is 0.765 bits per heavy atom. The van der Waals surface area contributed by atoms with E-state index in [0.29, 0.717) is 5.51 Å². The van der Waals surface area contributed by atoms with Crippen LogP contribution in [0.5, 0.6) is 5.75 Å². The van der Waals surface area contributed by atoms with Crippen molar-refractivity contribution in [2.45, 2.75) is 57.7 Å². The quantitative estimate of drug-likeness (QED) is 0.247. The van der Waals surface area contributed by atoms with Gasteiger partial charge >= 0.3 is 214 Å². The number of hydrogen-bond acceptors (Lipinski definition) is 2. The first kappa shape index (κ1) is 26.3.